The molecule has 2 aliphatic rings. The zero-order valence-electron chi connectivity index (χ0n) is 21.1. The number of allylic oxidation sites excluding steroid dienone is 1. The van der Waals surface area contributed by atoms with Crippen LogP contribution in [0, 0.1) is 0 Å². The Kier molecular flexibility index (Phi) is 8.97. The summed E-state index contributed by atoms with van der Waals surface area (Å²) >= 11 is 12.7. The molecule has 2 heterocycles. The van der Waals surface area contributed by atoms with Gasteiger partial charge in [-0.25, -0.2) is 0 Å². The van der Waals surface area contributed by atoms with Gasteiger partial charge in [0.1, 0.15) is 0 Å². The predicted octanol–water partition coefficient (Wildman–Crippen LogP) is 7.48. The molecule has 0 saturated carbocycles. The number of hydrogen-bond acceptors (Lipinski definition) is 2. The van der Waals surface area contributed by atoms with Gasteiger partial charge in [0.15, 0.2) is 0 Å². The maximum absolute atomic E-state index is 12.9. The summed E-state index contributed by atoms with van der Waals surface area (Å²) in [6.07, 6.45) is 8.45. The molecule has 2 aromatic rings. The van der Waals surface area contributed by atoms with E-state index in [1.54, 1.807) is 6.08 Å². The average molecular weight is 514 g/mol. The van der Waals surface area contributed by atoms with Gasteiger partial charge in [-0.05, 0) is 101 Å². The summed E-state index contributed by atoms with van der Waals surface area (Å²) in [6.45, 7) is 8.94. The fourth-order valence-corrected chi connectivity index (χ4v) is 6.22. The summed E-state index contributed by atoms with van der Waals surface area (Å²) in [5.41, 5.74) is 3.65. The number of carbonyl (C=O) groups is 1. The first kappa shape index (κ1) is 26.3. The minimum absolute atomic E-state index is 0.0833. The molecule has 0 aromatic heterocycles. The molecule has 2 aromatic carbocycles. The smallest absolute Gasteiger partial charge is 0.246 e. The van der Waals surface area contributed by atoms with Crippen LogP contribution in [-0.2, 0) is 10.2 Å². The van der Waals surface area contributed by atoms with E-state index in [9.17, 15) is 4.79 Å². The molecule has 0 bridgehead atoms. The maximum Gasteiger partial charge on any atom is 0.246 e. The van der Waals surface area contributed by atoms with Gasteiger partial charge in [0.25, 0.3) is 0 Å². The third-order valence-electron chi connectivity index (χ3n) is 7.82. The molecule has 2 aliphatic heterocycles. The lowest BCUT2D eigenvalue weighted by molar-refractivity contribution is -0.128. The quantitative estimate of drug-likeness (QED) is 0.359. The molecule has 4 rings (SSSR count). The lowest BCUT2D eigenvalue weighted by Gasteiger charge is -2.44. The predicted molar refractivity (Wildman–Crippen MR) is 147 cm³/mol. The highest BCUT2D eigenvalue weighted by molar-refractivity contribution is 6.42. The van der Waals surface area contributed by atoms with Crippen LogP contribution in [0.4, 0.5) is 0 Å². The summed E-state index contributed by atoms with van der Waals surface area (Å²) < 4.78 is 0. The largest absolute Gasteiger partial charge is 0.338 e. The Morgan fingerprint density at radius 3 is 2.46 bits per heavy atom. The zero-order chi connectivity index (χ0) is 24.8. The second-order valence-corrected chi connectivity index (χ2v) is 11.4. The lowest BCUT2D eigenvalue weighted by Crippen LogP contribution is -2.48. The molecular weight excluding hydrogens is 475 g/mol. The Bertz CT molecular complexity index is 1030. The number of halogens is 2. The highest BCUT2D eigenvalue weighted by Crippen LogP contribution is 2.41. The van der Waals surface area contributed by atoms with Gasteiger partial charge in [-0.2, -0.15) is 0 Å². The molecule has 0 N–H and O–H groups in total. The van der Waals surface area contributed by atoms with Crippen LogP contribution in [0.25, 0.3) is 0 Å². The molecule has 5 heteroatoms. The van der Waals surface area contributed by atoms with Gasteiger partial charge in [0.05, 0.1) is 10.0 Å². The van der Waals surface area contributed by atoms with Crippen LogP contribution in [0.15, 0.2) is 60.2 Å². The van der Waals surface area contributed by atoms with Gasteiger partial charge in [0.2, 0.25) is 5.91 Å². The van der Waals surface area contributed by atoms with Crippen LogP contribution < -0.4 is 0 Å². The van der Waals surface area contributed by atoms with Crippen molar-refractivity contribution < 1.29 is 4.79 Å². The van der Waals surface area contributed by atoms with E-state index in [0.29, 0.717) is 16.0 Å². The van der Waals surface area contributed by atoms with Gasteiger partial charge in [0, 0.05) is 24.6 Å². The normalized spacial score (nSPS) is 21.7. The van der Waals surface area contributed by atoms with Gasteiger partial charge in [-0.15, -0.1) is 0 Å². The molecule has 2 saturated heterocycles. The van der Waals surface area contributed by atoms with Gasteiger partial charge < -0.3 is 9.80 Å². The van der Waals surface area contributed by atoms with E-state index in [2.05, 4.69) is 41.3 Å². The first-order chi connectivity index (χ1) is 16.9. The highest BCUT2D eigenvalue weighted by Gasteiger charge is 2.38. The van der Waals surface area contributed by atoms with Crippen molar-refractivity contribution in [3.05, 3.63) is 81.4 Å². The van der Waals surface area contributed by atoms with Crippen molar-refractivity contribution in [2.75, 3.05) is 32.7 Å². The lowest BCUT2D eigenvalue weighted by atomic mass is 9.71. The molecule has 1 atom stereocenters. The number of carbonyl (C=O) groups excluding carboxylic acids is 1. The number of piperidine rings is 2. The summed E-state index contributed by atoms with van der Waals surface area (Å²) in [6, 6.07) is 17.0. The first-order valence-electron chi connectivity index (χ1n) is 13.0. The number of hydrogen-bond donors (Lipinski definition) is 0. The first-order valence-corrected chi connectivity index (χ1v) is 13.8. The van der Waals surface area contributed by atoms with E-state index in [4.69, 9.17) is 23.2 Å². The van der Waals surface area contributed by atoms with E-state index in [-0.39, 0.29) is 11.3 Å². The number of rotatable bonds is 7. The van der Waals surface area contributed by atoms with E-state index < -0.39 is 0 Å². The molecule has 0 aliphatic carbocycles. The molecule has 1 amide bonds. The van der Waals surface area contributed by atoms with Crippen LogP contribution in [-0.4, -0.2) is 48.4 Å². The molecule has 1 unspecified atom stereocenters. The third-order valence-corrected chi connectivity index (χ3v) is 8.56. The average Bonchev–Trinajstić information content (AvgIpc) is 2.86. The summed E-state index contributed by atoms with van der Waals surface area (Å²) in [5.74, 6) is 0.806. The summed E-state index contributed by atoms with van der Waals surface area (Å²) in [7, 11) is 0. The van der Waals surface area contributed by atoms with Crippen LogP contribution in [0.3, 0.4) is 0 Å². The molecule has 188 valence electrons. The monoisotopic (exact) mass is 512 g/mol. The molecule has 2 fully saturated rings. The standard InChI is InChI=1S/C30H38Cl2N2O/c1-23(2)20-29(35)34-17-7-15-30(22-34,26-10-11-27(31)28(32)21-26)14-6-16-33-18-12-25(13-19-33)24-8-4-3-5-9-24/h3-5,8-11,20-21,25H,6-7,12-19,22H2,1-2H3. The zero-order valence-corrected chi connectivity index (χ0v) is 22.6. The molecule has 0 radical (unpaired) electrons. The number of amides is 1. The number of benzene rings is 2. The molecule has 3 nitrogen and oxygen atoms in total. The van der Waals surface area contributed by atoms with Crippen molar-refractivity contribution in [1.82, 2.24) is 9.80 Å². The van der Waals surface area contributed by atoms with Crippen LogP contribution in [0.1, 0.15) is 69.4 Å². The third kappa shape index (κ3) is 6.70. The molecule has 0 spiro atoms. The minimum atomic E-state index is -0.0833. The molecule has 35 heavy (non-hydrogen) atoms. The van der Waals surface area contributed by atoms with Crippen LogP contribution >= 0.6 is 23.2 Å². The minimum Gasteiger partial charge on any atom is -0.338 e. The van der Waals surface area contributed by atoms with E-state index in [1.165, 1.54) is 24.0 Å². The van der Waals surface area contributed by atoms with Crippen molar-refractivity contribution in [1.29, 1.82) is 0 Å². The van der Waals surface area contributed by atoms with E-state index >= 15 is 0 Å². The summed E-state index contributed by atoms with van der Waals surface area (Å²) in [5, 5.41) is 1.18. The van der Waals surface area contributed by atoms with Crippen molar-refractivity contribution in [2.45, 2.75) is 63.7 Å². The summed E-state index contributed by atoms with van der Waals surface area (Å²) in [4.78, 5) is 17.6. The van der Waals surface area contributed by atoms with Crippen LogP contribution in [0.2, 0.25) is 10.0 Å². The van der Waals surface area contributed by atoms with Gasteiger partial charge in [-0.3, -0.25) is 4.79 Å². The Hall–Kier alpha value is -1.81. The number of likely N-dealkylation sites (tertiary alicyclic amines) is 2. The second-order valence-electron chi connectivity index (χ2n) is 10.6. The van der Waals surface area contributed by atoms with Crippen molar-refractivity contribution in [2.24, 2.45) is 0 Å². The Morgan fingerprint density at radius 2 is 1.77 bits per heavy atom. The Labute approximate surface area is 221 Å². The van der Waals surface area contributed by atoms with Crippen molar-refractivity contribution in [3.63, 3.8) is 0 Å². The number of nitrogens with zero attached hydrogens (tertiary/aromatic N) is 2. The fraction of sp³-hybridized carbons (Fsp3) is 0.500. The van der Waals surface area contributed by atoms with Gasteiger partial charge in [-0.1, -0.05) is 65.2 Å². The molecular formula is C30H38Cl2N2O. The van der Waals surface area contributed by atoms with Crippen molar-refractivity contribution >= 4 is 29.1 Å². The highest BCUT2D eigenvalue weighted by atomic mass is 35.5. The maximum atomic E-state index is 12.9. The van der Waals surface area contributed by atoms with E-state index in [0.717, 1.165) is 64.0 Å². The SMILES string of the molecule is CC(C)=CC(=O)N1CCCC(CCCN2CCC(c3ccccc3)CC2)(c2ccc(Cl)c(Cl)c2)C1. The fourth-order valence-electron chi connectivity index (χ4n) is 5.92. The van der Waals surface area contributed by atoms with Crippen LogP contribution in [0.5, 0.6) is 0 Å². The Morgan fingerprint density at radius 1 is 1.03 bits per heavy atom. The second kappa shape index (κ2) is 12.0. The van der Waals surface area contributed by atoms with Gasteiger partial charge >= 0.3 is 0 Å². The topological polar surface area (TPSA) is 23.6 Å². The van der Waals surface area contributed by atoms with E-state index in [1.807, 2.05) is 30.9 Å². The van der Waals surface area contributed by atoms with Crippen molar-refractivity contribution in [3.8, 4) is 0 Å². The Balaban J connectivity index is 1.42.